The van der Waals surface area contributed by atoms with Crippen LogP contribution in [0.25, 0.3) is 11.4 Å². The van der Waals surface area contributed by atoms with Crippen LogP contribution in [0.5, 0.6) is 0 Å². The van der Waals surface area contributed by atoms with Crippen molar-refractivity contribution in [3.05, 3.63) is 75.0 Å². The summed E-state index contributed by atoms with van der Waals surface area (Å²) in [5.74, 6) is -0.635. The van der Waals surface area contributed by atoms with Crippen LogP contribution in [0.1, 0.15) is 27.3 Å². The summed E-state index contributed by atoms with van der Waals surface area (Å²) in [5.41, 5.74) is 2.24. The summed E-state index contributed by atoms with van der Waals surface area (Å²) in [7, 11) is 0. The number of aromatic nitrogens is 2. The summed E-state index contributed by atoms with van der Waals surface area (Å²) in [4.78, 5) is 16.2. The number of halogens is 2. The lowest BCUT2D eigenvalue weighted by Crippen LogP contribution is -2.12. The lowest BCUT2D eigenvalue weighted by atomic mass is 10.1. The zero-order chi connectivity index (χ0) is 18.8. The third kappa shape index (κ3) is 3.43. The van der Waals surface area contributed by atoms with Crippen molar-refractivity contribution in [3.63, 3.8) is 0 Å². The van der Waals surface area contributed by atoms with Crippen molar-refractivity contribution >= 4 is 29.2 Å². The van der Waals surface area contributed by atoms with Gasteiger partial charge in [-0.3, -0.25) is 0 Å². The van der Waals surface area contributed by atoms with Crippen LogP contribution in [0.3, 0.4) is 0 Å². The zero-order valence-electron chi connectivity index (χ0n) is 13.7. The number of hydrogen-bond donors (Lipinski definition) is 1. The smallest absolute Gasteiger partial charge is 0.354 e. The molecule has 130 valence electrons. The van der Waals surface area contributed by atoms with Crippen LogP contribution < -0.4 is 0 Å². The van der Waals surface area contributed by atoms with Gasteiger partial charge in [0.15, 0.2) is 5.69 Å². The molecule has 0 radical (unpaired) electrons. The van der Waals surface area contributed by atoms with Gasteiger partial charge in [0.1, 0.15) is 5.82 Å². The van der Waals surface area contributed by atoms with E-state index in [4.69, 9.17) is 28.5 Å². The summed E-state index contributed by atoms with van der Waals surface area (Å²) in [6.45, 7) is 1.82. The Morgan fingerprint density at radius 3 is 2.73 bits per heavy atom. The molecule has 0 aliphatic carbocycles. The van der Waals surface area contributed by atoms with Gasteiger partial charge in [-0.2, -0.15) is 5.26 Å². The molecule has 2 aromatic carbocycles. The second-order valence-corrected chi connectivity index (χ2v) is 6.53. The van der Waals surface area contributed by atoms with Gasteiger partial charge in [0.05, 0.1) is 23.9 Å². The summed E-state index contributed by atoms with van der Waals surface area (Å²) in [6.07, 6.45) is 0. The van der Waals surface area contributed by atoms with Crippen LogP contribution in [0.15, 0.2) is 42.5 Å². The Morgan fingerprint density at radius 2 is 2.04 bits per heavy atom. The fraction of sp³-hybridized carbons (Fsp3) is 0.105. The van der Waals surface area contributed by atoms with Crippen molar-refractivity contribution in [2.45, 2.75) is 13.5 Å². The van der Waals surface area contributed by atoms with Gasteiger partial charge in [0.2, 0.25) is 0 Å². The van der Waals surface area contributed by atoms with Gasteiger partial charge in [-0.15, -0.1) is 0 Å². The van der Waals surface area contributed by atoms with E-state index in [1.807, 2.05) is 0 Å². The van der Waals surface area contributed by atoms with Crippen molar-refractivity contribution in [2.75, 3.05) is 0 Å². The first-order valence-electron chi connectivity index (χ1n) is 7.65. The highest BCUT2D eigenvalue weighted by Gasteiger charge is 2.22. The number of imidazole rings is 1. The van der Waals surface area contributed by atoms with E-state index in [2.05, 4.69) is 11.1 Å². The quantitative estimate of drug-likeness (QED) is 0.700. The molecule has 3 rings (SSSR count). The Morgan fingerprint density at radius 1 is 1.27 bits per heavy atom. The lowest BCUT2D eigenvalue weighted by molar-refractivity contribution is 0.0685. The number of carboxylic acids is 1. The number of nitriles is 1. The number of aryl methyl sites for hydroxylation is 1. The molecule has 0 saturated carbocycles. The Kier molecular flexibility index (Phi) is 4.99. The SMILES string of the molecule is Cc1nc(-c2cccc(C#N)c2)n(Cc2cc(Cl)ccc2Cl)c1C(=O)O. The average molecular weight is 386 g/mol. The molecule has 26 heavy (non-hydrogen) atoms. The molecular formula is C19H13Cl2N3O2. The molecule has 1 N–H and O–H groups in total. The first-order chi connectivity index (χ1) is 12.4. The number of rotatable bonds is 4. The fourth-order valence-electron chi connectivity index (χ4n) is 2.78. The number of nitrogens with zero attached hydrogens (tertiary/aromatic N) is 3. The van der Waals surface area contributed by atoms with Crippen LogP contribution in [0.4, 0.5) is 0 Å². The maximum atomic E-state index is 11.8. The van der Waals surface area contributed by atoms with Gasteiger partial charge < -0.3 is 9.67 Å². The Bertz CT molecular complexity index is 1050. The van der Waals surface area contributed by atoms with Crippen molar-refractivity contribution < 1.29 is 9.90 Å². The Balaban J connectivity index is 2.20. The number of hydrogen-bond acceptors (Lipinski definition) is 3. The third-order valence-electron chi connectivity index (χ3n) is 3.93. The third-order valence-corrected chi connectivity index (χ3v) is 4.53. The molecule has 7 heteroatoms. The Labute approximate surface area is 160 Å². The molecule has 1 heterocycles. The predicted molar refractivity (Wildman–Crippen MR) is 99.6 cm³/mol. The summed E-state index contributed by atoms with van der Waals surface area (Å²) in [5, 5.41) is 19.7. The van der Waals surface area contributed by atoms with Crippen molar-refractivity contribution in [1.82, 2.24) is 9.55 Å². The molecule has 1 aromatic heterocycles. The molecule has 5 nitrogen and oxygen atoms in total. The zero-order valence-corrected chi connectivity index (χ0v) is 15.2. The van der Waals surface area contributed by atoms with Crippen molar-refractivity contribution in [2.24, 2.45) is 0 Å². The molecule has 0 fully saturated rings. The van der Waals surface area contributed by atoms with Crippen LogP contribution in [-0.4, -0.2) is 20.6 Å². The molecular weight excluding hydrogens is 373 g/mol. The van der Waals surface area contributed by atoms with Gasteiger partial charge in [0, 0.05) is 15.6 Å². The molecule has 3 aromatic rings. The van der Waals surface area contributed by atoms with E-state index in [-0.39, 0.29) is 12.2 Å². The monoisotopic (exact) mass is 385 g/mol. The lowest BCUT2D eigenvalue weighted by Gasteiger charge is -2.12. The van der Waals surface area contributed by atoms with Crippen LogP contribution in [0.2, 0.25) is 10.0 Å². The van der Waals surface area contributed by atoms with E-state index in [1.165, 1.54) is 0 Å². The minimum Gasteiger partial charge on any atom is -0.477 e. The van der Waals surface area contributed by atoms with Crippen molar-refractivity contribution in [1.29, 1.82) is 5.26 Å². The second kappa shape index (κ2) is 7.20. The van der Waals surface area contributed by atoms with Crippen LogP contribution in [-0.2, 0) is 6.54 Å². The highest BCUT2D eigenvalue weighted by molar-refractivity contribution is 6.33. The highest BCUT2D eigenvalue weighted by Crippen LogP contribution is 2.28. The largest absolute Gasteiger partial charge is 0.477 e. The molecule has 0 unspecified atom stereocenters. The predicted octanol–water partition coefficient (Wildman–Crippen LogP) is 4.78. The van der Waals surface area contributed by atoms with Gasteiger partial charge in [-0.1, -0.05) is 35.3 Å². The molecule has 0 aliphatic heterocycles. The topological polar surface area (TPSA) is 78.9 Å². The minimum atomic E-state index is -1.09. The van der Waals surface area contributed by atoms with Gasteiger partial charge >= 0.3 is 5.97 Å². The average Bonchev–Trinajstić information content (AvgIpc) is 2.94. The maximum Gasteiger partial charge on any atom is 0.354 e. The summed E-state index contributed by atoms with van der Waals surface area (Å²) in [6, 6.07) is 14.0. The Hall–Kier alpha value is -2.81. The van der Waals surface area contributed by atoms with E-state index in [9.17, 15) is 9.90 Å². The maximum absolute atomic E-state index is 11.8. The number of benzene rings is 2. The van der Waals surface area contributed by atoms with Crippen LogP contribution in [0, 0.1) is 18.3 Å². The van der Waals surface area contributed by atoms with E-state index in [1.54, 1.807) is 54.0 Å². The number of carboxylic acid groups (broad SMARTS) is 1. The van der Waals surface area contributed by atoms with E-state index in [0.717, 1.165) is 0 Å². The van der Waals surface area contributed by atoms with E-state index >= 15 is 0 Å². The van der Waals surface area contributed by atoms with E-state index in [0.29, 0.717) is 38.3 Å². The standard InChI is InChI=1S/C19H13Cl2N3O2/c1-11-17(19(25)26)24(10-14-8-15(20)5-6-16(14)21)18(23-11)13-4-2-3-12(7-13)9-22/h2-8H,10H2,1H3,(H,25,26). The van der Waals surface area contributed by atoms with Gasteiger partial charge in [0.25, 0.3) is 0 Å². The highest BCUT2D eigenvalue weighted by atomic mass is 35.5. The molecule has 0 aliphatic rings. The molecule has 0 bridgehead atoms. The molecule has 0 amide bonds. The minimum absolute atomic E-state index is 0.0680. The van der Waals surface area contributed by atoms with Crippen molar-refractivity contribution in [3.8, 4) is 17.5 Å². The molecule has 0 atom stereocenters. The number of carbonyl (C=O) groups is 1. The van der Waals surface area contributed by atoms with Gasteiger partial charge in [-0.25, -0.2) is 9.78 Å². The number of aromatic carboxylic acids is 1. The van der Waals surface area contributed by atoms with Crippen LogP contribution >= 0.6 is 23.2 Å². The van der Waals surface area contributed by atoms with Gasteiger partial charge in [-0.05, 0) is 42.8 Å². The normalized spacial score (nSPS) is 10.5. The fourth-order valence-corrected chi connectivity index (χ4v) is 3.15. The molecule has 0 spiro atoms. The first-order valence-corrected chi connectivity index (χ1v) is 8.41. The molecule has 0 saturated heterocycles. The second-order valence-electron chi connectivity index (χ2n) is 5.69. The summed E-state index contributed by atoms with van der Waals surface area (Å²) >= 11 is 12.3. The summed E-state index contributed by atoms with van der Waals surface area (Å²) < 4.78 is 1.58. The van der Waals surface area contributed by atoms with E-state index < -0.39 is 5.97 Å². The first kappa shape index (κ1) is 18.0.